The second-order valence-corrected chi connectivity index (χ2v) is 7.95. The van der Waals surface area contributed by atoms with Gasteiger partial charge in [0, 0.05) is 18.8 Å². The minimum atomic E-state index is -0.306. The number of rotatable bonds is 7. The van der Waals surface area contributed by atoms with Crippen LogP contribution in [0.3, 0.4) is 0 Å². The minimum absolute atomic E-state index is 0.306. The number of para-hydroxylation sites is 1. The third-order valence-corrected chi connectivity index (χ3v) is 5.93. The van der Waals surface area contributed by atoms with Crippen molar-refractivity contribution in [3.63, 3.8) is 0 Å². The number of anilines is 3. The number of benzene rings is 3. The van der Waals surface area contributed by atoms with Crippen LogP contribution in [-0.2, 0) is 4.74 Å². The summed E-state index contributed by atoms with van der Waals surface area (Å²) in [6.07, 6.45) is 2.34. The average molecular weight is 431 g/mol. The van der Waals surface area contributed by atoms with Crippen molar-refractivity contribution < 1.29 is 14.3 Å². The molecule has 4 rings (SSSR count). The number of carbonyl (C=O) groups is 1. The topological polar surface area (TPSA) is 50.8 Å². The van der Waals surface area contributed by atoms with Gasteiger partial charge in [0.15, 0.2) is 0 Å². The van der Waals surface area contributed by atoms with E-state index in [1.54, 1.807) is 7.11 Å². The lowest BCUT2D eigenvalue weighted by atomic mass is 9.92. The summed E-state index contributed by atoms with van der Waals surface area (Å²) in [6.45, 7) is 6.18. The second kappa shape index (κ2) is 9.77. The summed E-state index contributed by atoms with van der Waals surface area (Å²) >= 11 is 0. The first-order valence-corrected chi connectivity index (χ1v) is 11.2. The van der Waals surface area contributed by atoms with Crippen LogP contribution in [0.5, 0.6) is 5.75 Å². The highest BCUT2D eigenvalue weighted by molar-refractivity contribution is 6.03. The molecule has 0 bridgehead atoms. The molecule has 0 aliphatic carbocycles. The first-order chi connectivity index (χ1) is 15.6. The number of ether oxygens (including phenoxy) is 2. The number of nitrogens with zero attached hydrogens (tertiary/aromatic N) is 1. The fourth-order valence-electron chi connectivity index (χ4n) is 4.30. The van der Waals surface area contributed by atoms with E-state index in [4.69, 9.17) is 9.47 Å². The molecular weight excluding hydrogens is 400 g/mol. The van der Waals surface area contributed by atoms with Crippen molar-refractivity contribution in [2.45, 2.75) is 26.7 Å². The molecule has 1 fully saturated rings. The lowest BCUT2D eigenvalue weighted by Gasteiger charge is -2.27. The Hall–Kier alpha value is -3.47. The van der Waals surface area contributed by atoms with E-state index in [0.717, 1.165) is 52.6 Å². The Labute approximate surface area is 190 Å². The summed E-state index contributed by atoms with van der Waals surface area (Å²) < 4.78 is 10.8. The zero-order valence-corrected chi connectivity index (χ0v) is 19.0. The molecule has 0 saturated carbocycles. The standard InChI is InChI=1S/C27H30N2O3/c1-4-32-27(30)25-19(2)26(28-21-10-6-5-7-11-21)24(29-16-8-9-17-29)18-23(25)20-12-14-22(31-3)15-13-20/h5-7,10-15,18,28H,4,8-9,16-17H2,1-3H3. The van der Waals surface area contributed by atoms with Crippen molar-refractivity contribution >= 4 is 23.0 Å². The van der Waals surface area contributed by atoms with E-state index >= 15 is 0 Å². The smallest absolute Gasteiger partial charge is 0.339 e. The van der Waals surface area contributed by atoms with Crippen LogP contribution in [-0.4, -0.2) is 32.8 Å². The number of nitrogens with one attached hydrogen (secondary N) is 1. The molecule has 0 spiro atoms. The Balaban J connectivity index is 1.92. The first-order valence-electron chi connectivity index (χ1n) is 11.2. The van der Waals surface area contributed by atoms with Gasteiger partial charge in [-0.3, -0.25) is 0 Å². The van der Waals surface area contributed by atoms with Crippen molar-refractivity contribution in [1.82, 2.24) is 0 Å². The molecule has 1 N–H and O–H groups in total. The predicted octanol–water partition coefficient (Wildman–Crippen LogP) is 6.19. The second-order valence-electron chi connectivity index (χ2n) is 7.95. The third-order valence-electron chi connectivity index (χ3n) is 5.93. The quantitative estimate of drug-likeness (QED) is 0.453. The highest BCUT2D eigenvalue weighted by atomic mass is 16.5. The van der Waals surface area contributed by atoms with Gasteiger partial charge in [-0.2, -0.15) is 0 Å². The molecule has 166 valence electrons. The summed E-state index contributed by atoms with van der Waals surface area (Å²) in [4.78, 5) is 15.5. The van der Waals surface area contributed by atoms with Crippen molar-refractivity contribution in [2.75, 3.05) is 37.0 Å². The molecule has 0 amide bonds. The molecule has 0 atom stereocenters. The van der Waals surface area contributed by atoms with E-state index in [9.17, 15) is 4.79 Å². The van der Waals surface area contributed by atoms with Crippen molar-refractivity contribution in [3.05, 3.63) is 71.8 Å². The van der Waals surface area contributed by atoms with Crippen molar-refractivity contribution in [1.29, 1.82) is 0 Å². The summed E-state index contributed by atoms with van der Waals surface area (Å²) in [6, 6.07) is 20.0. The molecule has 3 aromatic carbocycles. The first kappa shape index (κ1) is 21.8. The van der Waals surface area contributed by atoms with Crippen LogP contribution in [0.4, 0.5) is 17.1 Å². The summed E-state index contributed by atoms with van der Waals surface area (Å²) in [5, 5.41) is 3.58. The summed E-state index contributed by atoms with van der Waals surface area (Å²) in [5.74, 6) is 0.477. The summed E-state index contributed by atoms with van der Waals surface area (Å²) in [5.41, 5.74) is 6.39. The highest BCUT2D eigenvalue weighted by Gasteiger charge is 2.26. The van der Waals surface area contributed by atoms with Crippen LogP contribution in [0.25, 0.3) is 11.1 Å². The fourth-order valence-corrected chi connectivity index (χ4v) is 4.30. The van der Waals surface area contributed by atoms with E-state index in [1.165, 1.54) is 12.8 Å². The van der Waals surface area contributed by atoms with E-state index < -0.39 is 0 Å². The van der Waals surface area contributed by atoms with Crippen LogP contribution >= 0.6 is 0 Å². The molecule has 3 aromatic rings. The maximum atomic E-state index is 13.1. The normalized spacial score (nSPS) is 13.2. The van der Waals surface area contributed by atoms with Gasteiger partial charge in [0.25, 0.3) is 0 Å². The lowest BCUT2D eigenvalue weighted by molar-refractivity contribution is 0.0526. The molecule has 1 saturated heterocycles. The van der Waals surface area contributed by atoms with Crippen LogP contribution in [0.2, 0.25) is 0 Å². The van der Waals surface area contributed by atoms with Gasteiger partial charge < -0.3 is 19.7 Å². The zero-order valence-electron chi connectivity index (χ0n) is 19.0. The number of methoxy groups -OCH3 is 1. The van der Waals surface area contributed by atoms with Gasteiger partial charge in [0.2, 0.25) is 0 Å². The van der Waals surface area contributed by atoms with Crippen LogP contribution in [0.15, 0.2) is 60.7 Å². The van der Waals surface area contributed by atoms with Gasteiger partial charge in [-0.25, -0.2) is 4.79 Å². The largest absolute Gasteiger partial charge is 0.497 e. The van der Waals surface area contributed by atoms with Gasteiger partial charge in [-0.15, -0.1) is 0 Å². The molecule has 1 aliphatic rings. The van der Waals surface area contributed by atoms with Gasteiger partial charge in [-0.05, 0) is 73.7 Å². The monoisotopic (exact) mass is 430 g/mol. The summed E-state index contributed by atoms with van der Waals surface area (Å²) in [7, 11) is 1.65. The van der Waals surface area contributed by atoms with E-state index in [1.807, 2.05) is 68.4 Å². The minimum Gasteiger partial charge on any atom is -0.497 e. The molecule has 0 aromatic heterocycles. The highest BCUT2D eigenvalue weighted by Crippen LogP contribution is 2.41. The van der Waals surface area contributed by atoms with Crippen LogP contribution < -0.4 is 15.0 Å². The molecule has 1 aliphatic heterocycles. The third kappa shape index (κ3) is 4.42. The van der Waals surface area contributed by atoms with E-state index in [0.29, 0.717) is 12.2 Å². The Morgan fingerprint density at radius 1 is 1.03 bits per heavy atom. The number of hydrogen-bond donors (Lipinski definition) is 1. The van der Waals surface area contributed by atoms with Crippen LogP contribution in [0, 0.1) is 6.92 Å². The number of carbonyl (C=O) groups excluding carboxylic acids is 1. The Bertz CT molecular complexity index is 1070. The maximum Gasteiger partial charge on any atom is 0.339 e. The van der Waals surface area contributed by atoms with Crippen LogP contribution in [0.1, 0.15) is 35.7 Å². The van der Waals surface area contributed by atoms with Gasteiger partial charge in [0.1, 0.15) is 5.75 Å². The Morgan fingerprint density at radius 3 is 2.34 bits per heavy atom. The fraction of sp³-hybridized carbons (Fsp3) is 0.296. The zero-order chi connectivity index (χ0) is 22.5. The Morgan fingerprint density at radius 2 is 1.72 bits per heavy atom. The van der Waals surface area contributed by atoms with Crippen molar-refractivity contribution in [2.24, 2.45) is 0 Å². The molecule has 1 heterocycles. The van der Waals surface area contributed by atoms with E-state index in [2.05, 4.69) is 16.3 Å². The Kier molecular flexibility index (Phi) is 6.64. The molecule has 0 unspecified atom stereocenters. The lowest BCUT2D eigenvalue weighted by Crippen LogP contribution is -2.21. The maximum absolute atomic E-state index is 13.1. The van der Waals surface area contributed by atoms with E-state index in [-0.39, 0.29) is 5.97 Å². The molecule has 5 nitrogen and oxygen atoms in total. The molecule has 5 heteroatoms. The molecule has 0 radical (unpaired) electrons. The molecule has 32 heavy (non-hydrogen) atoms. The van der Waals surface area contributed by atoms with Gasteiger partial charge in [0.05, 0.1) is 30.7 Å². The van der Waals surface area contributed by atoms with Gasteiger partial charge >= 0.3 is 5.97 Å². The molecular formula is C27H30N2O3. The van der Waals surface area contributed by atoms with Crippen molar-refractivity contribution in [3.8, 4) is 16.9 Å². The predicted molar refractivity (Wildman–Crippen MR) is 130 cm³/mol. The van der Waals surface area contributed by atoms with Gasteiger partial charge in [-0.1, -0.05) is 30.3 Å². The SMILES string of the molecule is CCOC(=O)c1c(-c2ccc(OC)cc2)cc(N2CCCC2)c(Nc2ccccc2)c1C. The number of esters is 1. The number of hydrogen-bond acceptors (Lipinski definition) is 5. The average Bonchev–Trinajstić information content (AvgIpc) is 3.36.